The molecule has 1 aromatic heterocycles. The first-order chi connectivity index (χ1) is 18.3. The van der Waals surface area contributed by atoms with E-state index in [9.17, 15) is 40.9 Å². The molecule has 1 fully saturated rings. The Morgan fingerprint density at radius 2 is 1.24 bits per heavy atom. The summed E-state index contributed by atoms with van der Waals surface area (Å²) in [5, 5.41) is 86.9. The monoisotopic (exact) mass is 547 g/mol. The molecule has 11 atom stereocenters. The highest BCUT2D eigenvalue weighted by Gasteiger charge is 2.45. The van der Waals surface area contributed by atoms with Gasteiger partial charge in [-0.3, -0.25) is 0 Å². The second-order valence-corrected chi connectivity index (χ2v) is 8.97. The summed E-state index contributed by atoms with van der Waals surface area (Å²) in [6.45, 7) is -2.00. The van der Waals surface area contributed by atoms with E-state index in [1.165, 1.54) is 24.3 Å². The van der Waals surface area contributed by atoms with E-state index in [0.29, 0.717) is 0 Å². The Labute approximate surface area is 216 Å². The van der Waals surface area contributed by atoms with E-state index < -0.39 is 87.5 Å². The fourth-order valence-electron chi connectivity index (χ4n) is 4.16. The van der Waals surface area contributed by atoms with E-state index >= 15 is 0 Å². The number of rotatable bonds is 10. The SMILES string of the molecule is OC[C@H]1O[C@@H](n2nnc(CO[C@@H]3C=C[C@H](O)[C@@H](CO)O3)c2CO[C@@H]2C=C[C@H](O)[C@@H](CO)O2)[C@H](O)[C@@H](O)[C@@H]1O. The number of aromatic nitrogens is 3. The molecule has 4 heterocycles. The number of nitrogens with zero attached hydrogens (tertiary/aromatic N) is 3. The smallest absolute Gasteiger partial charge is 0.181 e. The molecule has 0 aromatic carbocycles. The van der Waals surface area contributed by atoms with Gasteiger partial charge in [-0.25, -0.2) is 4.68 Å². The summed E-state index contributed by atoms with van der Waals surface area (Å²) in [7, 11) is 0. The van der Waals surface area contributed by atoms with E-state index in [-0.39, 0.29) is 24.6 Å². The van der Waals surface area contributed by atoms with Gasteiger partial charge >= 0.3 is 0 Å². The fraction of sp³-hybridized carbons (Fsp3) is 0.727. The van der Waals surface area contributed by atoms with Crippen LogP contribution in [0, 0.1) is 0 Å². The largest absolute Gasteiger partial charge is 0.394 e. The van der Waals surface area contributed by atoms with Gasteiger partial charge in [-0.15, -0.1) is 5.10 Å². The second-order valence-electron chi connectivity index (χ2n) is 8.97. The highest BCUT2D eigenvalue weighted by Crippen LogP contribution is 2.30. The molecule has 38 heavy (non-hydrogen) atoms. The first-order valence-electron chi connectivity index (χ1n) is 12.0. The Bertz CT molecular complexity index is 959. The molecule has 0 radical (unpaired) electrons. The van der Waals surface area contributed by atoms with Gasteiger partial charge < -0.3 is 64.5 Å². The molecule has 214 valence electrons. The number of aliphatic hydroxyl groups is 8. The summed E-state index contributed by atoms with van der Waals surface area (Å²) >= 11 is 0. The van der Waals surface area contributed by atoms with Crippen molar-refractivity contribution in [3.8, 4) is 0 Å². The third-order valence-electron chi connectivity index (χ3n) is 6.42. The van der Waals surface area contributed by atoms with E-state index in [2.05, 4.69) is 10.3 Å². The topological polar surface area (TPSA) is 239 Å². The van der Waals surface area contributed by atoms with Crippen LogP contribution in [0.15, 0.2) is 24.3 Å². The van der Waals surface area contributed by atoms with E-state index in [1.807, 2.05) is 0 Å². The third kappa shape index (κ3) is 6.28. The van der Waals surface area contributed by atoms with Gasteiger partial charge in [-0.2, -0.15) is 0 Å². The van der Waals surface area contributed by atoms with Crippen LogP contribution in [0.3, 0.4) is 0 Å². The maximum absolute atomic E-state index is 10.6. The minimum atomic E-state index is -1.66. The lowest BCUT2D eigenvalue weighted by Gasteiger charge is -2.40. The van der Waals surface area contributed by atoms with Gasteiger partial charge in [-0.05, 0) is 12.2 Å². The van der Waals surface area contributed by atoms with E-state index in [0.717, 1.165) is 4.68 Å². The summed E-state index contributed by atoms with van der Waals surface area (Å²) in [5.41, 5.74) is 0.403. The average molecular weight is 548 g/mol. The van der Waals surface area contributed by atoms with Crippen LogP contribution in [0.5, 0.6) is 0 Å². The van der Waals surface area contributed by atoms with Gasteiger partial charge in [0.25, 0.3) is 0 Å². The quantitative estimate of drug-likeness (QED) is 0.129. The van der Waals surface area contributed by atoms with Gasteiger partial charge in [-0.1, -0.05) is 17.4 Å². The van der Waals surface area contributed by atoms with Crippen molar-refractivity contribution in [1.29, 1.82) is 0 Å². The Hall–Kier alpha value is -1.90. The number of hydrogen-bond acceptors (Lipinski definition) is 15. The molecule has 1 aromatic rings. The van der Waals surface area contributed by atoms with Crippen LogP contribution in [0.4, 0.5) is 0 Å². The molecule has 0 amide bonds. The third-order valence-corrected chi connectivity index (χ3v) is 6.42. The Balaban J connectivity index is 1.54. The first-order valence-corrected chi connectivity index (χ1v) is 12.0. The zero-order chi connectivity index (χ0) is 27.4. The molecule has 16 nitrogen and oxygen atoms in total. The Kier molecular flexibility index (Phi) is 9.93. The minimum Gasteiger partial charge on any atom is -0.394 e. The number of hydrogen-bond donors (Lipinski definition) is 8. The van der Waals surface area contributed by atoms with Gasteiger partial charge in [0.05, 0.1) is 38.7 Å². The van der Waals surface area contributed by atoms with Crippen molar-refractivity contribution in [3.05, 3.63) is 35.7 Å². The average Bonchev–Trinajstić information content (AvgIpc) is 3.33. The van der Waals surface area contributed by atoms with Crippen molar-refractivity contribution in [1.82, 2.24) is 15.0 Å². The number of aliphatic hydroxyl groups excluding tert-OH is 8. The Morgan fingerprint density at radius 1 is 0.684 bits per heavy atom. The lowest BCUT2D eigenvalue weighted by atomic mass is 9.98. The lowest BCUT2D eigenvalue weighted by molar-refractivity contribution is -0.255. The van der Waals surface area contributed by atoms with Crippen LogP contribution in [-0.2, 0) is 36.9 Å². The molecule has 0 aliphatic carbocycles. The van der Waals surface area contributed by atoms with Crippen LogP contribution in [0.25, 0.3) is 0 Å². The summed E-state index contributed by atoms with van der Waals surface area (Å²) < 4.78 is 29.1. The molecule has 3 aliphatic rings. The maximum atomic E-state index is 10.6. The lowest BCUT2D eigenvalue weighted by Crippen LogP contribution is -2.56. The first kappa shape index (κ1) is 29.1. The molecular formula is C22H33N3O13. The zero-order valence-electron chi connectivity index (χ0n) is 20.2. The summed E-state index contributed by atoms with van der Waals surface area (Å²) in [6, 6.07) is 0. The van der Waals surface area contributed by atoms with Crippen molar-refractivity contribution in [2.45, 2.75) is 80.9 Å². The van der Waals surface area contributed by atoms with Crippen LogP contribution in [0.1, 0.15) is 17.6 Å². The predicted octanol–water partition coefficient (Wildman–Crippen LogP) is -4.45. The Morgan fingerprint density at radius 3 is 1.79 bits per heavy atom. The van der Waals surface area contributed by atoms with Crippen molar-refractivity contribution < 1.29 is 64.5 Å². The predicted molar refractivity (Wildman–Crippen MR) is 120 cm³/mol. The fourth-order valence-corrected chi connectivity index (χ4v) is 4.16. The molecule has 4 rings (SSSR count). The van der Waals surface area contributed by atoms with Crippen molar-refractivity contribution in [2.75, 3.05) is 19.8 Å². The molecule has 0 bridgehead atoms. The molecule has 16 heteroatoms. The molecule has 0 spiro atoms. The van der Waals surface area contributed by atoms with Crippen LogP contribution < -0.4 is 0 Å². The molecule has 3 aliphatic heterocycles. The molecule has 0 saturated carbocycles. The summed E-state index contributed by atoms with van der Waals surface area (Å²) in [6.07, 6.45) is -7.47. The highest BCUT2D eigenvalue weighted by molar-refractivity contribution is 5.11. The minimum absolute atomic E-state index is 0.198. The number of ether oxygens (including phenoxy) is 5. The van der Waals surface area contributed by atoms with Crippen LogP contribution in [-0.4, -0.2) is 137 Å². The maximum Gasteiger partial charge on any atom is 0.181 e. The normalized spacial score (nSPS) is 39.5. The van der Waals surface area contributed by atoms with Gasteiger partial charge in [0.15, 0.2) is 18.8 Å². The van der Waals surface area contributed by atoms with E-state index in [4.69, 9.17) is 23.7 Å². The highest BCUT2D eigenvalue weighted by atomic mass is 16.7. The van der Waals surface area contributed by atoms with Crippen molar-refractivity contribution in [2.24, 2.45) is 0 Å². The van der Waals surface area contributed by atoms with E-state index in [1.54, 1.807) is 0 Å². The molecular weight excluding hydrogens is 514 g/mol. The standard InChI is InChI=1S/C22H33N3O13/c26-5-14-12(29)1-3-17(36-14)34-8-10-11(9-35-18-4-2-13(30)15(6-27)37-18)25(24-23-10)22-21(33)20(32)19(31)16(7-28)38-22/h1-4,12-22,26-33H,5-9H2/t12-,13-,14+,15+,16+,17-,18-,19+,20-,21+,22+/m0/s1. The van der Waals surface area contributed by atoms with Crippen molar-refractivity contribution >= 4 is 0 Å². The summed E-state index contributed by atoms with van der Waals surface area (Å²) in [4.78, 5) is 0. The zero-order valence-corrected chi connectivity index (χ0v) is 20.2. The molecule has 0 unspecified atom stereocenters. The van der Waals surface area contributed by atoms with Crippen molar-refractivity contribution in [3.63, 3.8) is 0 Å². The van der Waals surface area contributed by atoms with Crippen LogP contribution >= 0.6 is 0 Å². The molecule has 1 saturated heterocycles. The van der Waals surface area contributed by atoms with Crippen LogP contribution in [0.2, 0.25) is 0 Å². The van der Waals surface area contributed by atoms with Gasteiger partial charge in [0, 0.05) is 0 Å². The van der Waals surface area contributed by atoms with Gasteiger partial charge in [0.1, 0.15) is 54.5 Å². The van der Waals surface area contributed by atoms with Gasteiger partial charge in [0.2, 0.25) is 0 Å². The second kappa shape index (κ2) is 13.0. The molecule has 8 N–H and O–H groups in total. The summed E-state index contributed by atoms with van der Waals surface area (Å²) in [5.74, 6) is 0.